The molecule has 0 bridgehead atoms. The zero-order valence-electron chi connectivity index (χ0n) is 14.9. The van der Waals surface area contributed by atoms with Gasteiger partial charge in [-0.3, -0.25) is 9.59 Å². The fraction of sp³-hybridized carbons (Fsp3) is 0.143. The lowest BCUT2D eigenvalue weighted by Crippen LogP contribution is -2.38. The van der Waals surface area contributed by atoms with Gasteiger partial charge in [0.25, 0.3) is 5.91 Å². The van der Waals surface area contributed by atoms with Crippen molar-refractivity contribution in [3.63, 3.8) is 0 Å². The Bertz CT molecular complexity index is 1060. The van der Waals surface area contributed by atoms with E-state index in [9.17, 15) is 14.0 Å². The predicted octanol–water partition coefficient (Wildman–Crippen LogP) is 4.67. The Hall–Kier alpha value is -2.93. The van der Waals surface area contributed by atoms with Gasteiger partial charge >= 0.3 is 0 Å². The third-order valence-corrected chi connectivity index (χ3v) is 5.06. The summed E-state index contributed by atoms with van der Waals surface area (Å²) >= 11 is 3.20. The number of halogens is 2. The van der Waals surface area contributed by atoms with Crippen LogP contribution >= 0.6 is 15.9 Å². The van der Waals surface area contributed by atoms with Crippen molar-refractivity contribution >= 4 is 33.4 Å². The van der Waals surface area contributed by atoms with Crippen LogP contribution < -0.4 is 5.32 Å². The second-order valence-corrected chi connectivity index (χ2v) is 7.41. The van der Waals surface area contributed by atoms with Gasteiger partial charge in [0, 0.05) is 11.3 Å². The first-order valence-electron chi connectivity index (χ1n) is 8.64. The lowest BCUT2D eigenvalue weighted by molar-refractivity contribution is -0.117. The van der Waals surface area contributed by atoms with Gasteiger partial charge in [-0.25, -0.2) is 4.39 Å². The van der Waals surface area contributed by atoms with Gasteiger partial charge < -0.3 is 14.6 Å². The minimum absolute atomic E-state index is 0.114. The second-order valence-electron chi connectivity index (χ2n) is 6.63. The van der Waals surface area contributed by atoms with Crippen molar-refractivity contribution in [3.05, 3.63) is 87.5 Å². The largest absolute Gasteiger partial charge is 0.444 e. The average Bonchev–Trinajstić information content (AvgIpc) is 3.04. The zero-order valence-corrected chi connectivity index (χ0v) is 16.5. The Morgan fingerprint density at radius 2 is 1.93 bits per heavy atom. The fourth-order valence-corrected chi connectivity index (χ4v) is 3.70. The molecule has 0 unspecified atom stereocenters. The molecule has 2 amide bonds. The first-order valence-corrected chi connectivity index (χ1v) is 9.44. The second kappa shape index (κ2) is 7.24. The van der Waals surface area contributed by atoms with Crippen molar-refractivity contribution in [2.45, 2.75) is 13.0 Å². The summed E-state index contributed by atoms with van der Waals surface area (Å²) in [6.07, 6.45) is 0. The van der Waals surface area contributed by atoms with E-state index in [0.717, 1.165) is 11.1 Å². The zero-order chi connectivity index (χ0) is 19.8. The molecule has 0 saturated heterocycles. The Kier molecular flexibility index (Phi) is 4.77. The molecule has 0 saturated carbocycles. The van der Waals surface area contributed by atoms with Gasteiger partial charge in [-0.1, -0.05) is 29.8 Å². The van der Waals surface area contributed by atoms with E-state index < -0.39 is 11.9 Å². The maximum Gasteiger partial charge on any atom is 0.290 e. The maximum atomic E-state index is 13.5. The number of nitrogens with zero attached hydrogens (tertiary/aromatic N) is 1. The third-order valence-electron chi connectivity index (χ3n) is 4.63. The summed E-state index contributed by atoms with van der Waals surface area (Å²) in [6, 6.07) is 14.2. The van der Waals surface area contributed by atoms with E-state index in [2.05, 4.69) is 21.2 Å². The molecule has 0 radical (unpaired) electrons. The lowest BCUT2D eigenvalue weighted by atomic mass is 9.94. The highest BCUT2D eigenvalue weighted by molar-refractivity contribution is 9.10. The highest BCUT2D eigenvalue weighted by Crippen LogP contribution is 2.37. The molecule has 2 aromatic carbocycles. The number of hydrogen-bond donors (Lipinski definition) is 1. The van der Waals surface area contributed by atoms with E-state index in [1.165, 1.54) is 17.0 Å². The first-order chi connectivity index (χ1) is 13.4. The molecule has 5 nitrogen and oxygen atoms in total. The van der Waals surface area contributed by atoms with Gasteiger partial charge in [0.1, 0.15) is 12.4 Å². The fourth-order valence-electron chi connectivity index (χ4n) is 3.39. The van der Waals surface area contributed by atoms with Gasteiger partial charge in [-0.05, 0) is 58.7 Å². The summed E-state index contributed by atoms with van der Waals surface area (Å²) in [7, 11) is 0. The SMILES string of the molecule is Cc1ccc2c(c1)[C@H](c1ccc(F)cc1)N(C(=O)c1ccc(Br)o1)CC(=O)N2. The predicted molar refractivity (Wildman–Crippen MR) is 105 cm³/mol. The summed E-state index contributed by atoms with van der Waals surface area (Å²) < 4.78 is 19.4. The van der Waals surface area contributed by atoms with Crippen molar-refractivity contribution in [3.8, 4) is 0 Å². The molecular weight excluding hydrogens is 427 g/mol. The summed E-state index contributed by atoms with van der Waals surface area (Å²) in [5.74, 6) is -0.995. The van der Waals surface area contributed by atoms with Crippen molar-refractivity contribution in [1.82, 2.24) is 4.90 Å². The van der Waals surface area contributed by atoms with E-state index in [0.29, 0.717) is 15.9 Å². The van der Waals surface area contributed by atoms with E-state index in [-0.39, 0.29) is 24.0 Å². The van der Waals surface area contributed by atoms with Crippen LogP contribution in [0, 0.1) is 12.7 Å². The van der Waals surface area contributed by atoms with Crippen molar-refractivity contribution < 1.29 is 18.4 Å². The number of nitrogens with one attached hydrogen (secondary N) is 1. The summed E-state index contributed by atoms with van der Waals surface area (Å²) in [6.45, 7) is 1.78. The molecule has 1 aliphatic rings. The van der Waals surface area contributed by atoms with E-state index in [1.807, 2.05) is 25.1 Å². The van der Waals surface area contributed by atoms with Crippen LogP contribution in [0.4, 0.5) is 10.1 Å². The average molecular weight is 443 g/mol. The van der Waals surface area contributed by atoms with Crippen molar-refractivity contribution in [1.29, 1.82) is 0 Å². The van der Waals surface area contributed by atoms with Gasteiger partial charge in [0.15, 0.2) is 10.4 Å². The summed E-state index contributed by atoms with van der Waals surface area (Å²) in [5, 5.41) is 2.86. The van der Waals surface area contributed by atoms with Crippen LogP contribution in [0.15, 0.2) is 63.7 Å². The first kappa shape index (κ1) is 18.4. The smallest absolute Gasteiger partial charge is 0.290 e. The third kappa shape index (κ3) is 3.45. The molecule has 1 N–H and O–H groups in total. The molecular formula is C21H16BrFN2O3. The Morgan fingerprint density at radius 3 is 2.61 bits per heavy atom. The molecule has 0 aliphatic carbocycles. The highest BCUT2D eigenvalue weighted by Gasteiger charge is 2.35. The van der Waals surface area contributed by atoms with Crippen LogP contribution in [0.3, 0.4) is 0 Å². The van der Waals surface area contributed by atoms with E-state index >= 15 is 0 Å². The molecule has 0 spiro atoms. The van der Waals surface area contributed by atoms with E-state index in [4.69, 9.17) is 4.42 Å². The van der Waals surface area contributed by atoms with Gasteiger partial charge in [0.2, 0.25) is 5.91 Å². The van der Waals surface area contributed by atoms with Gasteiger partial charge in [0.05, 0.1) is 6.04 Å². The monoisotopic (exact) mass is 442 g/mol. The number of carbonyl (C=O) groups is 2. The quantitative estimate of drug-likeness (QED) is 0.626. The number of rotatable bonds is 2. The van der Waals surface area contributed by atoms with Crippen LogP contribution in [0.1, 0.15) is 33.3 Å². The molecule has 2 heterocycles. The number of aryl methyl sites for hydroxylation is 1. The number of hydrogen-bond acceptors (Lipinski definition) is 3. The number of fused-ring (bicyclic) bond motifs is 1. The molecule has 1 atom stereocenters. The van der Waals surface area contributed by atoms with Crippen LogP contribution in [0.2, 0.25) is 0 Å². The van der Waals surface area contributed by atoms with E-state index in [1.54, 1.807) is 24.3 Å². The molecule has 4 rings (SSSR count). The number of amides is 2. The number of anilines is 1. The maximum absolute atomic E-state index is 13.5. The molecule has 3 aromatic rings. The number of benzene rings is 2. The lowest BCUT2D eigenvalue weighted by Gasteiger charge is -2.30. The molecule has 7 heteroatoms. The standard InChI is InChI=1S/C21H16BrFN2O3/c1-12-2-7-16-15(10-12)20(13-3-5-14(23)6-4-13)25(11-19(26)24-16)21(27)17-8-9-18(22)28-17/h2-10,20H,11H2,1H3,(H,24,26)/t20-/m0/s1. The number of carbonyl (C=O) groups excluding carboxylic acids is 2. The topological polar surface area (TPSA) is 62.6 Å². The minimum atomic E-state index is -0.578. The molecule has 28 heavy (non-hydrogen) atoms. The molecule has 1 aromatic heterocycles. The van der Waals surface area contributed by atoms with Crippen LogP contribution in [-0.2, 0) is 4.79 Å². The van der Waals surface area contributed by atoms with Crippen LogP contribution in [-0.4, -0.2) is 23.3 Å². The van der Waals surface area contributed by atoms with Crippen molar-refractivity contribution in [2.24, 2.45) is 0 Å². The molecule has 0 fully saturated rings. The molecule has 142 valence electrons. The van der Waals surface area contributed by atoms with Gasteiger partial charge in [-0.2, -0.15) is 0 Å². The Balaban J connectivity index is 1.89. The molecule has 1 aliphatic heterocycles. The minimum Gasteiger partial charge on any atom is -0.444 e. The van der Waals surface area contributed by atoms with Crippen molar-refractivity contribution in [2.75, 3.05) is 11.9 Å². The van der Waals surface area contributed by atoms with Gasteiger partial charge in [-0.15, -0.1) is 0 Å². The summed E-state index contributed by atoms with van der Waals surface area (Å²) in [5.41, 5.74) is 3.07. The van der Waals surface area contributed by atoms with Crippen LogP contribution in [0.5, 0.6) is 0 Å². The summed E-state index contributed by atoms with van der Waals surface area (Å²) in [4.78, 5) is 27.2. The number of furan rings is 1. The Morgan fingerprint density at radius 1 is 1.18 bits per heavy atom. The highest BCUT2D eigenvalue weighted by atomic mass is 79.9. The van der Waals surface area contributed by atoms with Crippen LogP contribution in [0.25, 0.3) is 0 Å². The normalized spacial score (nSPS) is 16.3. The Labute approximate surface area is 169 Å².